The third kappa shape index (κ3) is 2.46. The van der Waals surface area contributed by atoms with Crippen LogP contribution in [0.3, 0.4) is 0 Å². The van der Waals surface area contributed by atoms with Crippen molar-refractivity contribution in [3.05, 3.63) is 78.1 Å². The van der Waals surface area contributed by atoms with E-state index in [9.17, 15) is 5.11 Å². The Kier molecular flexibility index (Phi) is 3.66. The molecule has 2 N–H and O–H groups in total. The number of aromatic nitrogens is 2. The number of nitrogens with zero attached hydrogens (tertiary/aromatic N) is 2. The van der Waals surface area contributed by atoms with Crippen molar-refractivity contribution in [1.82, 2.24) is 9.97 Å². The lowest BCUT2D eigenvalue weighted by Crippen LogP contribution is -2.03. The van der Waals surface area contributed by atoms with Gasteiger partial charge >= 0.3 is 0 Å². The molecule has 4 nitrogen and oxygen atoms in total. The van der Waals surface area contributed by atoms with Crippen LogP contribution in [-0.4, -0.2) is 20.8 Å². The van der Waals surface area contributed by atoms with Crippen molar-refractivity contribution in [1.29, 1.82) is 5.41 Å². The van der Waals surface area contributed by atoms with Crippen LogP contribution in [0.15, 0.2) is 61.4 Å². The second-order valence-electron chi connectivity index (χ2n) is 4.94. The van der Waals surface area contributed by atoms with Crippen LogP contribution < -0.4 is 0 Å². The summed E-state index contributed by atoms with van der Waals surface area (Å²) in [7, 11) is 0. The summed E-state index contributed by atoms with van der Waals surface area (Å²) in [6.07, 6.45) is 5.56. The zero-order chi connectivity index (χ0) is 15.5. The molecular weight excluding hydrogens is 274 g/mol. The van der Waals surface area contributed by atoms with Crippen LogP contribution in [0, 0.1) is 5.41 Å². The molecule has 108 valence electrons. The van der Waals surface area contributed by atoms with Crippen LogP contribution in [0.4, 0.5) is 0 Å². The topological polar surface area (TPSA) is 69.9 Å². The van der Waals surface area contributed by atoms with Gasteiger partial charge in [-0.2, -0.15) is 0 Å². The Morgan fingerprint density at radius 3 is 2.68 bits per heavy atom. The molecule has 0 spiro atoms. The molecule has 0 aliphatic rings. The number of fused-ring (bicyclic) bond motifs is 1. The Hall–Kier alpha value is -3.01. The molecule has 2 aromatic carbocycles. The monoisotopic (exact) mass is 289 g/mol. The minimum atomic E-state index is 0.131. The summed E-state index contributed by atoms with van der Waals surface area (Å²) in [5, 5.41) is 18.7. The van der Waals surface area contributed by atoms with Gasteiger partial charge < -0.3 is 5.11 Å². The van der Waals surface area contributed by atoms with E-state index >= 15 is 0 Å². The van der Waals surface area contributed by atoms with E-state index in [0.717, 1.165) is 16.6 Å². The molecular formula is C18H15N3O. The van der Waals surface area contributed by atoms with Gasteiger partial charge in [-0.05, 0) is 30.2 Å². The van der Waals surface area contributed by atoms with Gasteiger partial charge in [-0.1, -0.05) is 24.3 Å². The van der Waals surface area contributed by atoms with Gasteiger partial charge in [0.05, 0.1) is 16.7 Å². The van der Waals surface area contributed by atoms with Crippen LogP contribution in [0.25, 0.3) is 11.0 Å². The number of allylic oxidation sites excluding steroid dienone is 1. The predicted octanol–water partition coefficient (Wildman–Crippen LogP) is 3.48. The number of para-hydroxylation sites is 1. The van der Waals surface area contributed by atoms with Crippen molar-refractivity contribution in [3.8, 4) is 5.75 Å². The average Bonchev–Trinajstić information content (AvgIpc) is 2.56. The van der Waals surface area contributed by atoms with Gasteiger partial charge in [-0.15, -0.1) is 6.58 Å². The summed E-state index contributed by atoms with van der Waals surface area (Å²) in [6, 6.07) is 10.9. The second kappa shape index (κ2) is 5.77. The fourth-order valence-corrected chi connectivity index (χ4v) is 2.39. The smallest absolute Gasteiger partial charge is 0.128 e. The Morgan fingerprint density at radius 2 is 1.91 bits per heavy atom. The fourth-order valence-electron chi connectivity index (χ4n) is 2.39. The molecule has 1 aromatic heterocycles. The van der Waals surface area contributed by atoms with E-state index in [2.05, 4.69) is 16.5 Å². The molecule has 22 heavy (non-hydrogen) atoms. The van der Waals surface area contributed by atoms with Crippen LogP contribution in [0.1, 0.15) is 16.7 Å². The SMILES string of the molecule is C=CCc1cccc(C(=N)c2ccc3nccnc3c2)c1O. The highest BCUT2D eigenvalue weighted by molar-refractivity contribution is 6.13. The number of phenolic OH excluding ortho intramolecular Hbond substituents is 1. The van der Waals surface area contributed by atoms with Crippen LogP contribution in [0.5, 0.6) is 5.75 Å². The Bertz CT molecular complexity index is 871. The van der Waals surface area contributed by atoms with Gasteiger partial charge in [0, 0.05) is 23.5 Å². The summed E-state index contributed by atoms with van der Waals surface area (Å²) in [5.41, 5.74) is 3.73. The van der Waals surface area contributed by atoms with Crippen LogP contribution in [-0.2, 0) is 6.42 Å². The highest BCUT2D eigenvalue weighted by atomic mass is 16.3. The Morgan fingerprint density at radius 1 is 1.14 bits per heavy atom. The predicted molar refractivity (Wildman–Crippen MR) is 87.5 cm³/mol. The number of phenols is 1. The van der Waals surface area contributed by atoms with Crippen molar-refractivity contribution in [2.75, 3.05) is 0 Å². The molecule has 4 heteroatoms. The molecule has 3 aromatic rings. The molecule has 0 amide bonds. The van der Waals surface area contributed by atoms with Crippen molar-refractivity contribution < 1.29 is 5.11 Å². The van der Waals surface area contributed by atoms with E-state index in [-0.39, 0.29) is 11.5 Å². The number of benzene rings is 2. The van der Waals surface area contributed by atoms with E-state index < -0.39 is 0 Å². The first-order chi connectivity index (χ1) is 10.7. The zero-order valence-electron chi connectivity index (χ0n) is 12.0. The van der Waals surface area contributed by atoms with Crippen molar-refractivity contribution in [2.24, 2.45) is 0 Å². The normalized spacial score (nSPS) is 10.5. The van der Waals surface area contributed by atoms with E-state index in [1.54, 1.807) is 24.5 Å². The van der Waals surface area contributed by atoms with E-state index in [1.165, 1.54) is 0 Å². The summed E-state index contributed by atoms with van der Waals surface area (Å²) >= 11 is 0. The van der Waals surface area contributed by atoms with Gasteiger partial charge in [0.1, 0.15) is 5.75 Å². The molecule has 0 aliphatic heterocycles. The van der Waals surface area contributed by atoms with Gasteiger partial charge in [-0.25, -0.2) is 0 Å². The third-order valence-corrected chi connectivity index (χ3v) is 3.51. The number of nitrogens with one attached hydrogen (secondary N) is 1. The lowest BCUT2D eigenvalue weighted by molar-refractivity contribution is 0.468. The highest BCUT2D eigenvalue weighted by Crippen LogP contribution is 2.26. The van der Waals surface area contributed by atoms with E-state index in [0.29, 0.717) is 17.5 Å². The minimum Gasteiger partial charge on any atom is -0.507 e. The fraction of sp³-hybridized carbons (Fsp3) is 0.0556. The molecule has 0 saturated heterocycles. The maximum atomic E-state index is 10.3. The number of rotatable bonds is 4. The molecule has 0 atom stereocenters. The summed E-state index contributed by atoms with van der Waals surface area (Å²) in [5.74, 6) is 0.131. The standard InChI is InChI=1S/C18H15N3O/c1-2-4-12-5-3-6-14(18(12)22)17(19)13-7-8-15-16(11-13)21-10-9-20-15/h2-3,5-11,19,22H,1,4H2. The van der Waals surface area contributed by atoms with E-state index in [4.69, 9.17) is 5.41 Å². The summed E-state index contributed by atoms with van der Waals surface area (Å²) < 4.78 is 0. The molecule has 0 radical (unpaired) electrons. The molecule has 0 unspecified atom stereocenters. The Balaban J connectivity index is 2.05. The second-order valence-corrected chi connectivity index (χ2v) is 4.94. The van der Waals surface area contributed by atoms with Crippen molar-refractivity contribution in [2.45, 2.75) is 6.42 Å². The maximum Gasteiger partial charge on any atom is 0.128 e. The average molecular weight is 289 g/mol. The quantitative estimate of drug-likeness (QED) is 0.570. The first kappa shape index (κ1) is 13.9. The largest absolute Gasteiger partial charge is 0.507 e. The lowest BCUT2D eigenvalue weighted by atomic mass is 9.97. The molecule has 0 aliphatic carbocycles. The van der Waals surface area contributed by atoms with Crippen LogP contribution >= 0.6 is 0 Å². The molecule has 3 rings (SSSR count). The number of hydrogen-bond acceptors (Lipinski definition) is 4. The van der Waals surface area contributed by atoms with Gasteiger partial charge in [-0.3, -0.25) is 15.4 Å². The zero-order valence-corrected chi connectivity index (χ0v) is 12.0. The molecule has 0 saturated carbocycles. The van der Waals surface area contributed by atoms with Crippen LogP contribution in [0.2, 0.25) is 0 Å². The summed E-state index contributed by atoms with van der Waals surface area (Å²) in [4.78, 5) is 8.47. The third-order valence-electron chi connectivity index (χ3n) is 3.51. The van der Waals surface area contributed by atoms with Gasteiger partial charge in [0.15, 0.2) is 0 Å². The first-order valence-corrected chi connectivity index (χ1v) is 6.92. The van der Waals surface area contributed by atoms with Crippen molar-refractivity contribution >= 4 is 16.7 Å². The highest BCUT2D eigenvalue weighted by Gasteiger charge is 2.13. The van der Waals surface area contributed by atoms with Crippen molar-refractivity contribution in [3.63, 3.8) is 0 Å². The molecule has 0 fully saturated rings. The first-order valence-electron chi connectivity index (χ1n) is 6.92. The number of hydrogen-bond donors (Lipinski definition) is 2. The maximum absolute atomic E-state index is 10.3. The van der Waals surface area contributed by atoms with Gasteiger partial charge in [0.25, 0.3) is 0 Å². The Labute approximate surface area is 128 Å². The van der Waals surface area contributed by atoms with E-state index in [1.807, 2.05) is 30.3 Å². The van der Waals surface area contributed by atoms with Gasteiger partial charge in [0.2, 0.25) is 0 Å². The minimum absolute atomic E-state index is 0.131. The number of aromatic hydroxyl groups is 1. The summed E-state index contributed by atoms with van der Waals surface area (Å²) in [6.45, 7) is 3.68. The molecule has 1 heterocycles. The molecule has 0 bridgehead atoms. The lowest BCUT2D eigenvalue weighted by Gasteiger charge is -2.10.